The van der Waals surface area contributed by atoms with Crippen LogP contribution in [0.3, 0.4) is 0 Å². The van der Waals surface area contributed by atoms with Crippen LogP contribution in [0.25, 0.3) is 10.9 Å². The number of hydrogen-bond donors (Lipinski definition) is 1. The Labute approximate surface area is 142 Å². The highest BCUT2D eigenvalue weighted by molar-refractivity contribution is 6.18. The van der Waals surface area contributed by atoms with Crippen molar-refractivity contribution in [1.29, 1.82) is 0 Å². The number of halogens is 1. The number of aromatic nitrogens is 3. The van der Waals surface area contributed by atoms with E-state index in [2.05, 4.69) is 20.3 Å². The Morgan fingerprint density at radius 3 is 3.04 bits per heavy atom. The van der Waals surface area contributed by atoms with Crippen molar-refractivity contribution in [2.45, 2.75) is 0 Å². The fraction of sp³-hybridized carbons (Fsp3) is 0.188. The summed E-state index contributed by atoms with van der Waals surface area (Å²) < 4.78 is 16.3. The van der Waals surface area contributed by atoms with E-state index < -0.39 is 0 Å². The van der Waals surface area contributed by atoms with Gasteiger partial charge in [-0.25, -0.2) is 15.0 Å². The summed E-state index contributed by atoms with van der Waals surface area (Å²) in [5.41, 5.74) is 1.50. The Kier molecular flexibility index (Phi) is 3.92. The SMILES string of the molecule is ClCCOc1ccc2c(Nc3ccnc4c3OCO4)ncnc2c1. The first-order chi connectivity index (χ1) is 11.8. The van der Waals surface area contributed by atoms with E-state index in [0.717, 1.165) is 16.6 Å². The lowest BCUT2D eigenvalue weighted by Gasteiger charge is -2.11. The summed E-state index contributed by atoms with van der Waals surface area (Å²) in [6, 6.07) is 7.42. The smallest absolute Gasteiger partial charge is 0.262 e. The molecule has 122 valence electrons. The van der Waals surface area contributed by atoms with Crippen LogP contribution in [0.15, 0.2) is 36.8 Å². The Balaban J connectivity index is 1.68. The molecule has 8 heteroatoms. The summed E-state index contributed by atoms with van der Waals surface area (Å²) in [5, 5.41) is 4.11. The van der Waals surface area contributed by atoms with Gasteiger partial charge in [-0.3, -0.25) is 0 Å². The molecule has 1 aliphatic heterocycles. The highest BCUT2D eigenvalue weighted by Crippen LogP contribution is 2.38. The second kappa shape index (κ2) is 6.37. The molecule has 0 atom stereocenters. The minimum Gasteiger partial charge on any atom is -0.492 e. The first-order valence-electron chi connectivity index (χ1n) is 7.30. The summed E-state index contributed by atoms with van der Waals surface area (Å²) >= 11 is 5.64. The molecule has 0 radical (unpaired) electrons. The molecule has 0 amide bonds. The predicted molar refractivity (Wildman–Crippen MR) is 89.4 cm³/mol. The van der Waals surface area contributed by atoms with Crippen LogP contribution in [0.1, 0.15) is 0 Å². The standard InChI is InChI=1S/C16H13ClN4O3/c17-4-6-22-10-1-2-11-13(7-10)19-8-20-15(11)21-12-3-5-18-16-14(12)23-9-24-16/h1-3,5,7-8H,4,6,9H2,(H,18,19,20,21). The van der Waals surface area contributed by atoms with Crippen LogP contribution in [0.4, 0.5) is 11.5 Å². The number of rotatable bonds is 5. The number of fused-ring (bicyclic) bond motifs is 2. The molecule has 0 fully saturated rings. The molecule has 0 unspecified atom stereocenters. The van der Waals surface area contributed by atoms with Crippen LogP contribution in [0.2, 0.25) is 0 Å². The van der Waals surface area contributed by atoms with Gasteiger partial charge in [-0.2, -0.15) is 0 Å². The van der Waals surface area contributed by atoms with Gasteiger partial charge in [0.2, 0.25) is 12.5 Å². The second-order valence-corrected chi connectivity index (χ2v) is 5.34. The van der Waals surface area contributed by atoms with Gasteiger partial charge in [-0.15, -0.1) is 11.6 Å². The monoisotopic (exact) mass is 344 g/mol. The first-order valence-corrected chi connectivity index (χ1v) is 7.84. The fourth-order valence-corrected chi connectivity index (χ4v) is 2.50. The van der Waals surface area contributed by atoms with Crippen LogP contribution < -0.4 is 19.5 Å². The third-order valence-corrected chi connectivity index (χ3v) is 3.63. The minimum atomic E-state index is 0.160. The molecule has 0 saturated heterocycles. The summed E-state index contributed by atoms with van der Waals surface area (Å²) in [4.78, 5) is 12.7. The first kappa shape index (κ1) is 14.8. The normalized spacial score (nSPS) is 12.4. The highest BCUT2D eigenvalue weighted by atomic mass is 35.5. The molecule has 0 aliphatic carbocycles. The van der Waals surface area contributed by atoms with Gasteiger partial charge in [0.15, 0.2) is 0 Å². The van der Waals surface area contributed by atoms with Gasteiger partial charge in [0, 0.05) is 17.6 Å². The quantitative estimate of drug-likeness (QED) is 0.712. The maximum atomic E-state index is 5.64. The van der Waals surface area contributed by atoms with Gasteiger partial charge in [0.25, 0.3) is 5.88 Å². The van der Waals surface area contributed by atoms with Crippen molar-refractivity contribution in [2.75, 3.05) is 24.6 Å². The number of alkyl halides is 1. The van der Waals surface area contributed by atoms with Crippen molar-refractivity contribution in [3.05, 3.63) is 36.8 Å². The average Bonchev–Trinajstić information content (AvgIpc) is 3.10. The Bertz CT molecular complexity index is 890. The zero-order valence-electron chi connectivity index (χ0n) is 12.5. The molecule has 0 bridgehead atoms. The van der Waals surface area contributed by atoms with E-state index in [1.807, 2.05) is 18.2 Å². The van der Waals surface area contributed by atoms with Crippen LogP contribution in [-0.4, -0.2) is 34.2 Å². The van der Waals surface area contributed by atoms with Crippen molar-refractivity contribution < 1.29 is 14.2 Å². The molecule has 1 aromatic carbocycles. The van der Waals surface area contributed by atoms with E-state index in [9.17, 15) is 0 Å². The molecule has 0 saturated carbocycles. The van der Waals surface area contributed by atoms with E-state index in [4.69, 9.17) is 25.8 Å². The van der Waals surface area contributed by atoms with Crippen molar-refractivity contribution in [2.24, 2.45) is 0 Å². The van der Waals surface area contributed by atoms with E-state index >= 15 is 0 Å². The van der Waals surface area contributed by atoms with Crippen molar-refractivity contribution in [3.63, 3.8) is 0 Å². The van der Waals surface area contributed by atoms with Gasteiger partial charge in [-0.1, -0.05) is 0 Å². The van der Waals surface area contributed by atoms with E-state index in [1.54, 1.807) is 12.3 Å². The predicted octanol–water partition coefficient (Wildman–Crippen LogP) is 3.11. The molecule has 2 aromatic heterocycles. The van der Waals surface area contributed by atoms with Crippen LogP contribution >= 0.6 is 11.6 Å². The lowest BCUT2D eigenvalue weighted by atomic mass is 10.2. The zero-order chi connectivity index (χ0) is 16.4. The van der Waals surface area contributed by atoms with E-state index in [-0.39, 0.29) is 6.79 Å². The molecule has 4 rings (SSSR count). The number of anilines is 2. The summed E-state index contributed by atoms with van der Waals surface area (Å²) in [6.07, 6.45) is 3.14. The molecular formula is C16H13ClN4O3. The molecular weight excluding hydrogens is 332 g/mol. The minimum absolute atomic E-state index is 0.160. The van der Waals surface area contributed by atoms with Gasteiger partial charge in [-0.05, 0) is 18.2 Å². The average molecular weight is 345 g/mol. The van der Waals surface area contributed by atoms with Crippen LogP contribution in [0, 0.1) is 0 Å². The van der Waals surface area contributed by atoms with E-state index in [0.29, 0.717) is 35.7 Å². The van der Waals surface area contributed by atoms with Gasteiger partial charge >= 0.3 is 0 Å². The summed E-state index contributed by atoms with van der Waals surface area (Å²) in [5.74, 6) is 2.85. The van der Waals surface area contributed by atoms with Gasteiger partial charge < -0.3 is 19.5 Å². The zero-order valence-corrected chi connectivity index (χ0v) is 13.3. The number of pyridine rings is 1. The van der Waals surface area contributed by atoms with Crippen LogP contribution in [0.5, 0.6) is 17.4 Å². The summed E-state index contributed by atoms with van der Waals surface area (Å²) in [6.45, 7) is 0.608. The lowest BCUT2D eigenvalue weighted by molar-refractivity contribution is 0.171. The number of nitrogens with zero attached hydrogens (tertiary/aromatic N) is 3. The number of nitrogens with one attached hydrogen (secondary N) is 1. The van der Waals surface area contributed by atoms with E-state index in [1.165, 1.54) is 6.33 Å². The number of hydrogen-bond acceptors (Lipinski definition) is 7. The topological polar surface area (TPSA) is 78.4 Å². The Morgan fingerprint density at radius 2 is 2.12 bits per heavy atom. The molecule has 1 N–H and O–H groups in total. The number of benzene rings is 1. The highest BCUT2D eigenvalue weighted by Gasteiger charge is 2.19. The fourth-order valence-electron chi connectivity index (χ4n) is 2.42. The van der Waals surface area contributed by atoms with Crippen molar-refractivity contribution >= 4 is 34.0 Å². The molecule has 24 heavy (non-hydrogen) atoms. The van der Waals surface area contributed by atoms with Crippen LogP contribution in [-0.2, 0) is 0 Å². The van der Waals surface area contributed by atoms with Crippen molar-refractivity contribution in [1.82, 2.24) is 15.0 Å². The maximum Gasteiger partial charge on any atom is 0.262 e. The van der Waals surface area contributed by atoms with Crippen molar-refractivity contribution in [3.8, 4) is 17.4 Å². The Morgan fingerprint density at radius 1 is 1.17 bits per heavy atom. The molecule has 1 aliphatic rings. The third-order valence-electron chi connectivity index (χ3n) is 3.48. The molecule has 7 nitrogen and oxygen atoms in total. The molecule has 3 heterocycles. The molecule has 3 aromatic rings. The van der Waals surface area contributed by atoms with Gasteiger partial charge in [0.1, 0.15) is 24.5 Å². The number of ether oxygens (including phenoxy) is 3. The van der Waals surface area contributed by atoms with Gasteiger partial charge in [0.05, 0.1) is 17.1 Å². The lowest BCUT2D eigenvalue weighted by Crippen LogP contribution is -2.00. The third kappa shape index (κ3) is 2.74. The summed E-state index contributed by atoms with van der Waals surface area (Å²) in [7, 11) is 0. The largest absolute Gasteiger partial charge is 0.492 e. The second-order valence-electron chi connectivity index (χ2n) is 4.96. The maximum absolute atomic E-state index is 5.64. The molecule has 0 spiro atoms. The Hall–Kier alpha value is -2.80.